The molecule has 2 nitrogen and oxygen atoms in total. The maximum Gasteiger partial charge on any atom is 0.242 e. The summed E-state index contributed by atoms with van der Waals surface area (Å²) in [5, 5.41) is 0. The molecule has 20 heavy (non-hydrogen) atoms. The third-order valence-corrected chi connectivity index (χ3v) is 4.54. The van der Waals surface area contributed by atoms with Gasteiger partial charge in [-0.05, 0) is 12.2 Å². The molecule has 0 saturated heterocycles. The number of imidazole rings is 1. The lowest BCUT2D eigenvalue weighted by molar-refractivity contribution is -0.674. The van der Waals surface area contributed by atoms with Gasteiger partial charge in [-0.2, -0.15) is 0 Å². The Hall–Kier alpha value is -0.150. The van der Waals surface area contributed by atoms with Crippen LogP contribution in [0.5, 0.6) is 0 Å². The lowest BCUT2D eigenvalue weighted by Gasteiger charge is -2.02. The van der Waals surface area contributed by atoms with Crippen molar-refractivity contribution in [2.45, 2.75) is 77.0 Å². The van der Waals surface area contributed by atoms with Crippen LogP contribution in [0.15, 0.2) is 18.7 Å². The highest BCUT2D eigenvalue weighted by atomic mass is 35.5. The van der Waals surface area contributed by atoms with E-state index in [4.69, 9.17) is 0 Å². The van der Waals surface area contributed by atoms with E-state index in [1.54, 1.807) is 0 Å². The summed E-state index contributed by atoms with van der Waals surface area (Å²) in [6.07, 6.45) is 20.4. The minimum atomic E-state index is 0. The fourth-order valence-corrected chi connectivity index (χ4v) is 3.17. The predicted octanol–water partition coefficient (Wildman–Crippen LogP) is 1.92. The van der Waals surface area contributed by atoms with Crippen molar-refractivity contribution in [3.8, 4) is 0 Å². The van der Waals surface area contributed by atoms with Gasteiger partial charge in [-0.1, -0.05) is 64.7 Å². The maximum absolute atomic E-state index is 3.07. The first-order valence-electron chi connectivity index (χ1n) is 8.03. The molecule has 0 atom stereocenters. The summed E-state index contributed by atoms with van der Waals surface area (Å²) in [5.74, 6) is 2.38. The third kappa shape index (κ3) is 11.7. The van der Waals surface area contributed by atoms with Crippen LogP contribution in [0.3, 0.4) is 0 Å². The minimum absolute atomic E-state index is 0. The zero-order valence-corrected chi connectivity index (χ0v) is 14.5. The predicted molar refractivity (Wildman–Crippen MR) is 85.3 cm³/mol. The van der Waals surface area contributed by atoms with Crippen molar-refractivity contribution in [2.24, 2.45) is 0 Å². The quantitative estimate of drug-likeness (QED) is 0.435. The summed E-state index contributed by atoms with van der Waals surface area (Å²) < 4.78 is 2.20. The smallest absolute Gasteiger partial charge is 0.242 e. The first-order chi connectivity index (χ1) is 9.43. The molecule has 0 amide bonds. The first kappa shape index (κ1) is 19.9. The Bertz CT molecular complexity index is 278. The molecular weight excluding hydrogens is 288 g/mol. The van der Waals surface area contributed by atoms with Gasteiger partial charge in [0.15, 0.2) is 0 Å². The van der Waals surface area contributed by atoms with E-state index >= 15 is 0 Å². The Labute approximate surface area is 135 Å². The molecule has 0 spiro atoms. The highest BCUT2D eigenvalue weighted by Crippen LogP contribution is 2.12. The van der Waals surface area contributed by atoms with Crippen molar-refractivity contribution in [3.05, 3.63) is 18.7 Å². The number of aromatic amines is 1. The molecule has 1 heterocycles. The average molecular weight is 319 g/mol. The van der Waals surface area contributed by atoms with Crippen molar-refractivity contribution in [2.75, 3.05) is 5.75 Å². The van der Waals surface area contributed by atoms with Gasteiger partial charge in [0.05, 0.1) is 0 Å². The van der Waals surface area contributed by atoms with Crippen LogP contribution in [0.4, 0.5) is 0 Å². The van der Waals surface area contributed by atoms with E-state index in [9.17, 15) is 0 Å². The van der Waals surface area contributed by atoms with Gasteiger partial charge in [-0.3, -0.25) is 4.98 Å². The van der Waals surface area contributed by atoms with Crippen molar-refractivity contribution < 1.29 is 17.0 Å². The van der Waals surface area contributed by atoms with E-state index in [-0.39, 0.29) is 12.4 Å². The van der Waals surface area contributed by atoms with Crippen molar-refractivity contribution >= 4 is 11.8 Å². The molecule has 4 heteroatoms. The number of unbranched alkanes of at least 4 members (excludes halogenated alkanes) is 9. The molecule has 0 aliphatic heterocycles. The van der Waals surface area contributed by atoms with Crippen LogP contribution in [0.25, 0.3) is 0 Å². The molecule has 1 aromatic rings. The number of hydrogen-bond donors (Lipinski definition) is 1. The van der Waals surface area contributed by atoms with E-state index < -0.39 is 0 Å². The standard InChI is InChI=1S/C16H30N2S.ClH/c1-2-3-4-5-6-7-8-9-10-11-14-19-16-18-13-12-17-15-18;/h12-13,15H,2-11,14,16H2,1H3;1H. The van der Waals surface area contributed by atoms with E-state index in [0.29, 0.717) is 0 Å². The monoisotopic (exact) mass is 318 g/mol. The number of halogens is 1. The first-order valence-corrected chi connectivity index (χ1v) is 9.18. The van der Waals surface area contributed by atoms with Crippen LogP contribution in [0.2, 0.25) is 0 Å². The third-order valence-electron chi connectivity index (χ3n) is 3.49. The fraction of sp³-hybridized carbons (Fsp3) is 0.812. The molecule has 0 aliphatic carbocycles. The molecule has 0 radical (unpaired) electrons. The normalized spacial score (nSPS) is 10.4. The Morgan fingerprint density at radius 3 is 2.05 bits per heavy atom. The molecule has 118 valence electrons. The summed E-state index contributed by atoms with van der Waals surface area (Å²) in [4.78, 5) is 3.07. The highest BCUT2D eigenvalue weighted by molar-refractivity contribution is 7.98. The number of nitrogens with one attached hydrogen (secondary N) is 1. The number of hydrogen-bond acceptors (Lipinski definition) is 1. The molecule has 1 N–H and O–H groups in total. The second kappa shape index (κ2) is 15.2. The lowest BCUT2D eigenvalue weighted by atomic mass is 10.1. The van der Waals surface area contributed by atoms with Gasteiger partial charge < -0.3 is 12.4 Å². The van der Waals surface area contributed by atoms with Gasteiger partial charge in [-0.25, -0.2) is 4.57 Å². The molecule has 0 fully saturated rings. The molecule has 0 bridgehead atoms. The van der Waals surface area contributed by atoms with Gasteiger partial charge in [0.2, 0.25) is 6.33 Å². The highest BCUT2D eigenvalue weighted by Gasteiger charge is 1.97. The lowest BCUT2D eigenvalue weighted by Crippen LogP contribution is -3.00. The summed E-state index contributed by atoms with van der Waals surface area (Å²) in [5.41, 5.74) is 0. The number of thioether (sulfide) groups is 1. The second-order valence-corrected chi connectivity index (χ2v) is 6.42. The molecule has 0 unspecified atom stereocenters. The van der Waals surface area contributed by atoms with Gasteiger partial charge in [0.1, 0.15) is 18.3 Å². The van der Waals surface area contributed by atoms with Crippen LogP contribution in [-0.2, 0) is 5.88 Å². The number of nitrogens with zero attached hydrogens (tertiary/aromatic N) is 1. The van der Waals surface area contributed by atoms with E-state index in [1.807, 2.05) is 24.3 Å². The van der Waals surface area contributed by atoms with Crippen LogP contribution in [-0.4, -0.2) is 10.7 Å². The van der Waals surface area contributed by atoms with Crippen molar-refractivity contribution in [1.29, 1.82) is 0 Å². The van der Waals surface area contributed by atoms with Crippen LogP contribution >= 0.6 is 11.8 Å². The molecule has 0 saturated carbocycles. The Morgan fingerprint density at radius 2 is 1.50 bits per heavy atom. The zero-order chi connectivity index (χ0) is 13.6. The SMILES string of the molecule is CCCCCCCCCCCCSC[n+]1cc[nH]c1.[Cl-]. The molecular formula is C16H31ClN2S. The number of aromatic nitrogens is 2. The van der Waals surface area contributed by atoms with Gasteiger partial charge in [-0.15, -0.1) is 11.8 Å². The molecule has 0 aromatic carbocycles. The average Bonchev–Trinajstić information content (AvgIpc) is 2.93. The Kier molecular flexibility index (Phi) is 15.1. The summed E-state index contributed by atoms with van der Waals surface area (Å²) in [6, 6.07) is 0. The van der Waals surface area contributed by atoms with Crippen molar-refractivity contribution in [1.82, 2.24) is 4.98 Å². The van der Waals surface area contributed by atoms with E-state index in [0.717, 1.165) is 5.88 Å². The molecule has 0 aliphatic rings. The van der Waals surface area contributed by atoms with E-state index in [2.05, 4.69) is 22.7 Å². The maximum atomic E-state index is 3.07. The molecule has 1 rings (SSSR count). The number of H-pyrrole nitrogens is 1. The number of rotatable bonds is 13. The Balaban J connectivity index is 0.00000361. The largest absolute Gasteiger partial charge is 1.00 e. The molecule has 1 aromatic heterocycles. The van der Waals surface area contributed by atoms with Crippen LogP contribution < -0.4 is 17.0 Å². The Morgan fingerprint density at radius 1 is 0.900 bits per heavy atom. The second-order valence-electron chi connectivity index (χ2n) is 5.35. The van der Waals surface area contributed by atoms with Crippen LogP contribution in [0.1, 0.15) is 71.1 Å². The van der Waals surface area contributed by atoms with Gasteiger partial charge in [0, 0.05) is 0 Å². The van der Waals surface area contributed by atoms with Crippen LogP contribution in [0, 0.1) is 0 Å². The minimum Gasteiger partial charge on any atom is -1.00 e. The van der Waals surface area contributed by atoms with E-state index in [1.165, 1.54) is 70.0 Å². The fourth-order valence-electron chi connectivity index (χ4n) is 2.26. The van der Waals surface area contributed by atoms with Crippen molar-refractivity contribution in [3.63, 3.8) is 0 Å². The topological polar surface area (TPSA) is 19.7 Å². The van der Waals surface area contributed by atoms with Gasteiger partial charge in [0.25, 0.3) is 0 Å². The van der Waals surface area contributed by atoms with Gasteiger partial charge >= 0.3 is 0 Å². The summed E-state index contributed by atoms with van der Waals surface area (Å²) >= 11 is 2.03. The summed E-state index contributed by atoms with van der Waals surface area (Å²) in [7, 11) is 0. The zero-order valence-electron chi connectivity index (χ0n) is 13.0. The summed E-state index contributed by atoms with van der Waals surface area (Å²) in [6.45, 7) is 2.28.